The van der Waals surface area contributed by atoms with E-state index in [9.17, 15) is 0 Å². The third kappa shape index (κ3) is 3.32. The van der Waals surface area contributed by atoms with Crippen LogP contribution in [0.4, 0.5) is 0 Å². The number of alkyl halides is 1. The van der Waals surface area contributed by atoms with Crippen LogP contribution in [0.3, 0.4) is 0 Å². The van der Waals surface area contributed by atoms with Crippen LogP contribution in [0, 0.1) is 0 Å². The minimum atomic E-state index is 0.375. The molecule has 0 saturated carbocycles. The number of likely N-dealkylation sites (tertiary alicyclic amines) is 1. The summed E-state index contributed by atoms with van der Waals surface area (Å²) in [5.41, 5.74) is 1.43. The maximum atomic E-state index is 3.78. The second-order valence-electron chi connectivity index (χ2n) is 4.68. The Morgan fingerprint density at radius 1 is 1.20 bits per heavy atom. The van der Waals surface area contributed by atoms with Crippen molar-refractivity contribution in [3.63, 3.8) is 0 Å². The minimum Gasteiger partial charge on any atom is -0.299 e. The van der Waals surface area contributed by atoms with Crippen molar-refractivity contribution in [3.05, 3.63) is 35.9 Å². The summed E-state index contributed by atoms with van der Waals surface area (Å²) < 4.78 is 0.375. The fraction of sp³-hybridized carbons (Fsp3) is 0.538. The standard InChI is InChI=1S/C13H18BrN/c1-13(14)7-9-15(10-8-13)11-12-5-3-2-4-6-12/h2-6H,7-11H2,1H3. The van der Waals surface area contributed by atoms with Crippen molar-refractivity contribution in [2.75, 3.05) is 13.1 Å². The molecule has 0 N–H and O–H groups in total. The Labute approximate surface area is 101 Å². The predicted octanol–water partition coefficient (Wildman–Crippen LogP) is 3.44. The van der Waals surface area contributed by atoms with Gasteiger partial charge in [-0.25, -0.2) is 0 Å². The molecule has 1 nitrogen and oxygen atoms in total. The first-order valence-corrected chi connectivity index (χ1v) is 6.40. The van der Waals surface area contributed by atoms with E-state index < -0.39 is 0 Å². The van der Waals surface area contributed by atoms with Gasteiger partial charge in [-0.3, -0.25) is 4.90 Å². The SMILES string of the molecule is CC1(Br)CCN(Cc2ccccc2)CC1. The lowest BCUT2D eigenvalue weighted by molar-refractivity contribution is 0.201. The second kappa shape index (κ2) is 4.67. The number of nitrogens with zero attached hydrogens (tertiary/aromatic N) is 1. The zero-order chi connectivity index (χ0) is 10.7. The van der Waals surface area contributed by atoms with Gasteiger partial charge in [0.05, 0.1) is 0 Å². The number of piperidine rings is 1. The van der Waals surface area contributed by atoms with Gasteiger partial charge in [0.1, 0.15) is 0 Å². The lowest BCUT2D eigenvalue weighted by Crippen LogP contribution is -2.38. The molecular weight excluding hydrogens is 250 g/mol. The quantitative estimate of drug-likeness (QED) is 0.743. The molecule has 15 heavy (non-hydrogen) atoms. The third-order valence-corrected chi connectivity index (χ3v) is 3.94. The summed E-state index contributed by atoms with van der Waals surface area (Å²) >= 11 is 3.78. The molecular formula is C13H18BrN. The second-order valence-corrected chi connectivity index (χ2v) is 6.59. The fourth-order valence-electron chi connectivity index (χ4n) is 2.02. The average molecular weight is 268 g/mol. The van der Waals surface area contributed by atoms with Crippen LogP contribution in [0.25, 0.3) is 0 Å². The minimum absolute atomic E-state index is 0.375. The molecule has 1 aromatic rings. The monoisotopic (exact) mass is 267 g/mol. The van der Waals surface area contributed by atoms with Crippen LogP contribution >= 0.6 is 15.9 Å². The van der Waals surface area contributed by atoms with Crippen LogP contribution in [-0.4, -0.2) is 22.3 Å². The van der Waals surface area contributed by atoms with E-state index in [2.05, 4.69) is 58.1 Å². The van der Waals surface area contributed by atoms with Gasteiger partial charge in [0.2, 0.25) is 0 Å². The van der Waals surface area contributed by atoms with Gasteiger partial charge in [0.15, 0.2) is 0 Å². The van der Waals surface area contributed by atoms with E-state index in [0.717, 1.165) is 6.54 Å². The van der Waals surface area contributed by atoms with Gasteiger partial charge in [0, 0.05) is 10.9 Å². The van der Waals surface area contributed by atoms with Gasteiger partial charge < -0.3 is 0 Å². The normalized spacial score (nSPS) is 21.5. The van der Waals surface area contributed by atoms with Crippen molar-refractivity contribution in [1.29, 1.82) is 0 Å². The maximum absolute atomic E-state index is 3.78. The summed E-state index contributed by atoms with van der Waals surface area (Å²) in [6.07, 6.45) is 2.50. The molecule has 0 spiro atoms. The molecule has 2 rings (SSSR count). The first-order valence-electron chi connectivity index (χ1n) is 5.61. The van der Waals surface area contributed by atoms with Crippen molar-refractivity contribution in [2.45, 2.75) is 30.6 Å². The molecule has 2 heteroatoms. The molecule has 82 valence electrons. The average Bonchev–Trinajstić information content (AvgIpc) is 2.23. The zero-order valence-corrected chi connectivity index (χ0v) is 10.8. The topological polar surface area (TPSA) is 3.24 Å². The van der Waals surface area contributed by atoms with E-state index in [1.54, 1.807) is 0 Å². The molecule has 0 aromatic heterocycles. The summed E-state index contributed by atoms with van der Waals surface area (Å²) in [6.45, 7) is 5.81. The summed E-state index contributed by atoms with van der Waals surface area (Å²) in [5, 5.41) is 0. The Balaban J connectivity index is 1.88. The van der Waals surface area contributed by atoms with Crippen LogP contribution in [-0.2, 0) is 6.54 Å². The van der Waals surface area contributed by atoms with E-state index >= 15 is 0 Å². The van der Waals surface area contributed by atoms with Crippen molar-refractivity contribution >= 4 is 15.9 Å². The molecule has 1 aliphatic heterocycles. The van der Waals surface area contributed by atoms with E-state index in [1.165, 1.54) is 31.5 Å². The van der Waals surface area contributed by atoms with E-state index in [-0.39, 0.29) is 0 Å². The molecule has 1 aliphatic rings. The Bertz CT molecular complexity index is 298. The highest BCUT2D eigenvalue weighted by Gasteiger charge is 2.26. The summed E-state index contributed by atoms with van der Waals surface area (Å²) in [6, 6.07) is 10.7. The molecule has 1 fully saturated rings. The fourth-order valence-corrected chi connectivity index (χ4v) is 2.37. The van der Waals surface area contributed by atoms with Crippen LogP contribution in [0.5, 0.6) is 0 Å². The van der Waals surface area contributed by atoms with E-state index in [1.807, 2.05) is 0 Å². The Morgan fingerprint density at radius 2 is 1.80 bits per heavy atom. The van der Waals surface area contributed by atoms with Gasteiger partial charge in [-0.2, -0.15) is 0 Å². The molecule has 0 bridgehead atoms. The van der Waals surface area contributed by atoms with E-state index in [4.69, 9.17) is 0 Å². The number of rotatable bonds is 2. The number of hydrogen-bond donors (Lipinski definition) is 0. The summed E-state index contributed by atoms with van der Waals surface area (Å²) in [5.74, 6) is 0. The highest BCUT2D eigenvalue weighted by molar-refractivity contribution is 9.10. The van der Waals surface area contributed by atoms with Crippen LogP contribution in [0.1, 0.15) is 25.3 Å². The van der Waals surface area contributed by atoms with Crippen molar-refractivity contribution in [1.82, 2.24) is 4.90 Å². The van der Waals surface area contributed by atoms with Crippen LogP contribution in [0.2, 0.25) is 0 Å². The van der Waals surface area contributed by atoms with Gasteiger partial charge in [-0.1, -0.05) is 46.3 Å². The van der Waals surface area contributed by atoms with Crippen molar-refractivity contribution in [3.8, 4) is 0 Å². The van der Waals surface area contributed by atoms with Crippen LogP contribution in [0.15, 0.2) is 30.3 Å². The zero-order valence-electron chi connectivity index (χ0n) is 9.25. The molecule has 0 amide bonds. The third-order valence-electron chi connectivity index (χ3n) is 3.15. The highest BCUT2D eigenvalue weighted by Crippen LogP contribution is 2.30. The maximum Gasteiger partial charge on any atom is 0.0254 e. The predicted molar refractivity (Wildman–Crippen MR) is 68.3 cm³/mol. The largest absolute Gasteiger partial charge is 0.299 e. The number of halogens is 1. The summed E-state index contributed by atoms with van der Waals surface area (Å²) in [4.78, 5) is 2.54. The Kier molecular flexibility index (Phi) is 3.47. The van der Waals surface area contributed by atoms with Crippen molar-refractivity contribution < 1.29 is 0 Å². The van der Waals surface area contributed by atoms with Crippen molar-refractivity contribution in [2.24, 2.45) is 0 Å². The molecule has 0 unspecified atom stereocenters. The Hall–Kier alpha value is -0.340. The Morgan fingerprint density at radius 3 is 2.40 bits per heavy atom. The number of benzene rings is 1. The van der Waals surface area contributed by atoms with Gasteiger partial charge in [0.25, 0.3) is 0 Å². The lowest BCUT2D eigenvalue weighted by atomic mass is 9.98. The smallest absolute Gasteiger partial charge is 0.0254 e. The molecule has 0 radical (unpaired) electrons. The molecule has 1 saturated heterocycles. The molecule has 0 atom stereocenters. The van der Waals surface area contributed by atoms with E-state index in [0.29, 0.717) is 4.32 Å². The van der Waals surface area contributed by atoms with Crippen LogP contribution < -0.4 is 0 Å². The van der Waals surface area contributed by atoms with Gasteiger partial charge in [-0.15, -0.1) is 0 Å². The first kappa shape index (κ1) is 11.2. The molecule has 1 aromatic carbocycles. The molecule has 1 heterocycles. The van der Waals surface area contributed by atoms with Gasteiger partial charge >= 0.3 is 0 Å². The summed E-state index contributed by atoms with van der Waals surface area (Å²) in [7, 11) is 0. The first-order chi connectivity index (χ1) is 7.16. The molecule has 0 aliphatic carbocycles. The van der Waals surface area contributed by atoms with Gasteiger partial charge in [-0.05, 0) is 38.4 Å². The number of hydrogen-bond acceptors (Lipinski definition) is 1. The highest BCUT2D eigenvalue weighted by atomic mass is 79.9. The lowest BCUT2D eigenvalue weighted by Gasteiger charge is -2.35.